The Morgan fingerprint density at radius 1 is 1.23 bits per heavy atom. The van der Waals surface area contributed by atoms with Crippen molar-refractivity contribution in [2.45, 2.75) is 5.85 Å². The van der Waals surface area contributed by atoms with Crippen LogP contribution in [0.15, 0.2) is 46.9 Å². The number of alkyl halides is 1. The quantitative estimate of drug-likeness (QED) is 0.833. The van der Waals surface area contributed by atoms with Gasteiger partial charge in [0.05, 0.1) is 12.7 Å². The van der Waals surface area contributed by atoms with Crippen LogP contribution >= 0.6 is 0 Å². The molecule has 0 aromatic heterocycles. The largest absolute Gasteiger partial charge is 0.497 e. The van der Waals surface area contributed by atoms with Gasteiger partial charge in [0, 0.05) is 5.56 Å². The average molecular weight is 296 g/mol. The summed E-state index contributed by atoms with van der Waals surface area (Å²) < 4.78 is 25.3. The van der Waals surface area contributed by atoms with Crippen LogP contribution in [-0.4, -0.2) is 7.11 Å². The summed E-state index contributed by atoms with van der Waals surface area (Å²) in [7, 11) is 1.45. The van der Waals surface area contributed by atoms with Crippen LogP contribution in [0.1, 0.15) is 5.56 Å². The molecule has 0 spiro atoms. The monoisotopic (exact) mass is 296 g/mol. The molecule has 6 nitrogen and oxygen atoms in total. The number of nitrogens with zero attached hydrogens (tertiary/aromatic N) is 3. The molecule has 0 radical (unpaired) electrons. The third kappa shape index (κ3) is 2.09. The minimum atomic E-state index is -2.68. The van der Waals surface area contributed by atoms with Gasteiger partial charge in [0.1, 0.15) is 35.1 Å². The summed E-state index contributed by atoms with van der Waals surface area (Å²) in [5, 5.41) is 27.1. The molecule has 0 saturated carbocycles. The van der Waals surface area contributed by atoms with Crippen LogP contribution in [0, 0.1) is 34.0 Å². The molecular weight excluding hydrogens is 287 g/mol. The van der Waals surface area contributed by atoms with Crippen LogP contribution in [0.2, 0.25) is 0 Å². The highest BCUT2D eigenvalue weighted by atomic mass is 19.2. The fourth-order valence-electron chi connectivity index (χ4n) is 2.08. The van der Waals surface area contributed by atoms with E-state index in [0.29, 0.717) is 5.75 Å². The van der Waals surface area contributed by atoms with E-state index in [2.05, 4.69) is 0 Å². The summed E-state index contributed by atoms with van der Waals surface area (Å²) in [4.78, 5) is 0. The van der Waals surface area contributed by atoms with Crippen molar-refractivity contribution in [1.29, 1.82) is 15.8 Å². The van der Waals surface area contributed by atoms with Crippen molar-refractivity contribution < 1.29 is 13.9 Å². The lowest BCUT2D eigenvalue weighted by Gasteiger charge is -2.22. The molecule has 0 unspecified atom stereocenters. The first kappa shape index (κ1) is 14.9. The lowest BCUT2D eigenvalue weighted by atomic mass is 9.91. The molecule has 7 heteroatoms. The van der Waals surface area contributed by atoms with Gasteiger partial charge in [-0.1, -0.05) is 0 Å². The summed E-state index contributed by atoms with van der Waals surface area (Å²) in [6.45, 7) is 0. The molecule has 1 atom stereocenters. The standard InChI is InChI=1S/C15H9FN4O2/c1-21-11-4-2-10(3-5-11)15(16)13(9(6-17)7-18)12(8-19)14(20)22-15/h2-5H,20H2,1H3/t15-/m1/s1. The predicted molar refractivity (Wildman–Crippen MR) is 71.9 cm³/mol. The van der Waals surface area contributed by atoms with E-state index in [1.807, 2.05) is 0 Å². The molecule has 1 heterocycles. The zero-order valence-electron chi connectivity index (χ0n) is 11.4. The van der Waals surface area contributed by atoms with Crippen molar-refractivity contribution in [3.05, 3.63) is 52.4 Å². The third-order valence-electron chi connectivity index (χ3n) is 3.12. The fourth-order valence-corrected chi connectivity index (χ4v) is 2.08. The number of ether oxygens (including phenoxy) is 2. The molecule has 1 aliphatic rings. The van der Waals surface area contributed by atoms with Gasteiger partial charge in [0.25, 0.3) is 0 Å². The first-order valence-corrected chi connectivity index (χ1v) is 5.99. The summed E-state index contributed by atoms with van der Waals surface area (Å²) >= 11 is 0. The van der Waals surface area contributed by atoms with E-state index >= 15 is 4.39 Å². The Kier molecular flexibility index (Phi) is 3.71. The lowest BCUT2D eigenvalue weighted by Crippen LogP contribution is -2.24. The minimum Gasteiger partial charge on any atom is -0.497 e. The molecule has 108 valence electrons. The van der Waals surface area contributed by atoms with Crippen LogP contribution in [0.4, 0.5) is 4.39 Å². The highest BCUT2D eigenvalue weighted by Crippen LogP contribution is 2.47. The molecule has 0 amide bonds. The number of hydrogen-bond acceptors (Lipinski definition) is 6. The SMILES string of the molecule is COc1ccc([C@@]2(F)OC(N)=C(C#N)C2=C(C#N)C#N)cc1. The van der Waals surface area contributed by atoms with Crippen molar-refractivity contribution >= 4 is 0 Å². The number of nitrogens with two attached hydrogens (primary N) is 1. The van der Waals surface area contributed by atoms with Gasteiger partial charge >= 0.3 is 5.85 Å². The first-order chi connectivity index (χ1) is 10.5. The Hall–Kier alpha value is -3.50. The van der Waals surface area contributed by atoms with Crippen molar-refractivity contribution in [2.24, 2.45) is 5.73 Å². The van der Waals surface area contributed by atoms with E-state index in [9.17, 15) is 0 Å². The Bertz CT molecular complexity index is 790. The van der Waals surface area contributed by atoms with Gasteiger partial charge in [-0.25, -0.2) is 0 Å². The fraction of sp³-hybridized carbons (Fsp3) is 0.133. The third-order valence-corrected chi connectivity index (χ3v) is 3.12. The van der Waals surface area contributed by atoms with Crippen LogP contribution < -0.4 is 10.5 Å². The maximum Gasteiger partial charge on any atom is 0.305 e. The molecular formula is C15H9FN4O2. The van der Waals surface area contributed by atoms with E-state index in [1.165, 1.54) is 31.4 Å². The van der Waals surface area contributed by atoms with E-state index in [-0.39, 0.29) is 11.1 Å². The number of nitriles is 3. The van der Waals surface area contributed by atoms with Gasteiger partial charge in [-0.3, -0.25) is 0 Å². The highest BCUT2D eigenvalue weighted by molar-refractivity contribution is 5.61. The van der Waals surface area contributed by atoms with E-state index in [1.54, 1.807) is 18.2 Å². The Morgan fingerprint density at radius 3 is 2.27 bits per heavy atom. The second-order valence-corrected chi connectivity index (χ2v) is 4.25. The molecule has 0 bridgehead atoms. The van der Waals surface area contributed by atoms with Crippen LogP contribution in [0.3, 0.4) is 0 Å². The molecule has 0 fully saturated rings. The maximum atomic E-state index is 15.4. The van der Waals surface area contributed by atoms with Gasteiger partial charge in [-0.05, 0) is 24.3 Å². The second-order valence-electron chi connectivity index (χ2n) is 4.25. The Morgan fingerprint density at radius 2 is 1.82 bits per heavy atom. The Balaban J connectivity index is 2.69. The van der Waals surface area contributed by atoms with Crippen molar-refractivity contribution in [1.82, 2.24) is 0 Å². The number of rotatable bonds is 2. The maximum absolute atomic E-state index is 15.4. The van der Waals surface area contributed by atoms with Gasteiger partial charge in [-0.2, -0.15) is 20.2 Å². The van der Waals surface area contributed by atoms with E-state index in [0.717, 1.165) is 0 Å². The second kappa shape index (κ2) is 5.47. The average Bonchev–Trinajstić information content (AvgIpc) is 2.80. The minimum absolute atomic E-state index is 0.0144. The normalized spacial score (nSPS) is 19.7. The molecule has 1 aromatic carbocycles. The summed E-state index contributed by atoms with van der Waals surface area (Å²) in [5.74, 6) is -2.67. The van der Waals surface area contributed by atoms with Gasteiger partial charge < -0.3 is 15.2 Å². The number of hydrogen-bond donors (Lipinski definition) is 1. The van der Waals surface area contributed by atoms with E-state index < -0.39 is 22.9 Å². The van der Waals surface area contributed by atoms with Gasteiger partial charge in [0.15, 0.2) is 0 Å². The molecule has 0 aliphatic carbocycles. The van der Waals surface area contributed by atoms with Crippen molar-refractivity contribution in [2.75, 3.05) is 7.11 Å². The van der Waals surface area contributed by atoms with E-state index in [4.69, 9.17) is 31.0 Å². The van der Waals surface area contributed by atoms with Gasteiger partial charge in [0.2, 0.25) is 5.88 Å². The molecule has 22 heavy (non-hydrogen) atoms. The smallest absolute Gasteiger partial charge is 0.305 e. The highest BCUT2D eigenvalue weighted by Gasteiger charge is 2.50. The molecule has 1 aromatic rings. The molecule has 2 rings (SSSR count). The number of benzene rings is 1. The molecule has 1 aliphatic heterocycles. The number of allylic oxidation sites excluding steroid dienone is 1. The lowest BCUT2D eigenvalue weighted by molar-refractivity contribution is -0.0702. The predicted octanol–water partition coefficient (Wildman–Crippen LogP) is 1.89. The van der Waals surface area contributed by atoms with Crippen molar-refractivity contribution in [3.8, 4) is 24.0 Å². The molecule has 2 N–H and O–H groups in total. The van der Waals surface area contributed by atoms with Crippen LogP contribution in [0.25, 0.3) is 0 Å². The zero-order valence-corrected chi connectivity index (χ0v) is 11.4. The number of halogens is 1. The van der Waals surface area contributed by atoms with Crippen LogP contribution in [0.5, 0.6) is 5.75 Å². The summed E-state index contributed by atoms with van der Waals surface area (Å²) in [5.41, 5.74) is 4.08. The van der Waals surface area contributed by atoms with Crippen molar-refractivity contribution in [3.63, 3.8) is 0 Å². The summed E-state index contributed by atoms with van der Waals surface area (Å²) in [6, 6.07) is 10.5. The first-order valence-electron chi connectivity index (χ1n) is 5.99. The topological polar surface area (TPSA) is 116 Å². The zero-order chi connectivity index (χ0) is 16.3. The summed E-state index contributed by atoms with van der Waals surface area (Å²) in [6.07, 6.45) is 0. The molecule has 0 saturated heterocycles. The number of methoxy groups -OCH3 is 1. The Labute approximate surface area is 125 Å². The van der Waals surface area contributed by atoms with Crippen LogP contribution in [-0.2, 0) is 10.6 Å². The van der Waals surface area contributed by atoms with Gasteiger partial charge in [-0.15, -0.1) is 0 Å².